The van der Waals surface area contributed by atoms with E-state index in [9.17, 15) is 10.2 Å². The highest BCUT2D eigenvalue weighted by atomic mass is 16.5. The van der Waals surface area contributed by atoms with Gasteiger partial charge in [-0.1, -0.05) is 24.3 Å². The summed E-state index contributed by atoms with van der Waals surface area (Å²) in [6, 6.07) is 9.27. The Morgan fingerprint density at radius 1 is 0.694 bits per heavy atom. The number of aryl methyl sites for hydroxylation is 2. The Morgan fingerprint density at radius 2 is 1.14 bits per heavy atom. The van der Waals surface area contributed by atoms with Crippen molar-refractivity contribution >= 4 is 0 Å². The molecule has 7 heteroatoms. The largest absolute Gasteiger partial charge is 0.483 e. The molecule has 1 unspecified atom stereocenters. The van der Waals surface area contributed by atoms with Crippen molar-refractivity contribution in [2.45, 2.75) is 124 Å². The zero-order chi connectivity index (χ0) is 32.4. The van der Waals surface area contributed by atoms with E-state index in [1.165, 1.54) is 70.2 Å². The molecular formula is C42H47N3O4. The number of H-pyrrole nitrogens is 1. The van der Waals surface area contributed by atoms with E-state index in [2.05, 4.69) is 52.9 Å². The normalized spacial score (nSPS) is 41.4. The summed E-state index contributed by atoms with van der Waals surface area (Å²) in [7, 11) is 0. The third-order valence-electron chi connectivity index (χ3n) is 16.2. The lowest BCUT2D eigenvalue weighted by atomic mass is 9.47. The van der Waals surface area contributed by atoms with Crippen molar-refractivity contribution < 1.29 is 19.7 Å². The van der Waals surface area contributed by atoms with Gasteiger partial charge in [-0.2, -0.15) is 0 Å². The molecule has 5 heterocycles. The maximum atomic E-state index is 13.6. The molecule has 7 nitrogen and oxygen atoms in total. The van der Waals surface area contributed by atoms with Crippen molar-refractivity contribution in [3.8, 4) is 11.5 Å². The molecule has 0 amide bonds. The number of rotatable bonds is 4. The predicted molar refractivity (Wildman–Crippen MR) is 183 cm³/mol. The second-order valence-electron chi connectivity index (χ2n) is 18.4. The Balaban J connectivity index is 1.03. The summed E-state index contributed by atoms with van der Waals surface area (Å²) in [6.45, 7) is 8.56. The van der Waals surface area contributed by atoms with Crippen molar-refractivity contribution in [1.82, 2.24) is 14.8 Å². The highest BCUT2D eigenvalue weighted by Gasteiger charge is 2.76. The summed E-state index contributed by atoms with van der Waals surface area (Å²) in [5.41, 5.74) is 9.55. The van der Waals surface area contributed by atoms with Crippen LogP contribution < -0.4 is 9.47 Å². The molecule has 13 rings (SSSR count). The van der Waals surface area contributed by atoms with Gasteiger partial charge in [0.25, 0.3) is 0 Å². The van der Waals surface area contributed by atoms with Crippen molar-refractivity contribution in [1.29, 1.82) is 0 Å². The van der Waals surface area contributed by atoms with Gasteiger partial charge in [0.1, 0.15) is 11.5 Å². The minimum absolute atomic E-state index is 0.0612. The van der Waals surface area contributed by atoms with Crippen molar-refractivity contribution in [3.63, 3.8) is 0 Å². The van der Waals surface area contributed by atoms with Crippen molar-refractivity contribution in [2.24, 2.45) is 11.8 Å². The number of likely N-dealkylation sites (tertiary alicyclic amines) is 2. The zero-order valence-corrected chi connectivity index (χ0v) is 28.8. The summed E-state index contributed by atoms with van der Waals surface area (Å²) in [4.78, 5) is 9.40. The molecule has 1 aromatic heterocycles. The molecule has 49 heavy (non-hydrogen) atoms. The predicted octanol–water partition coefficient (Wildman–Crippen LogP) is 5.03. The molecule has 4 bridgehead atoms. The summed E-state index contributed by atoms with van der Waals surface area (Å²) in [5, 5.41) is 27.2. The fraction of sp³-hybridized carbons (Fsp3) is 0.619. The monoisotopic (exact) mass is 657 g/mol. The van der Waals surface area contributed by atoms with Crippen molar-refractivity contribution in [2.75, 3.05) is 26.2 Å². The maximum absolute atomic E-state index is 13.6. The molecule has 8 atom stereocenters. The maximum Gasteiger partial charge on any atom is 0.151 e. The second kappa shape index (κ2) is 8.44. The number of nitrogens with zero attached hydrogens (tertiary/aromatic N) is 2. The van der Waals surface area contributed by atoms with Crippen LogP contribution >= 0.6 is 0 Å². The molecule has 2 saturated carbocycles. The number of hydrogen-bond acceptors (Lipinski definition) is 6. The third-order valence-corrected chi connectivity index (χ3v) is 16.2. The Bertz CT molecular complexity index is 1900. The fourth-order valence-electron chi connectivity index (χ4n) is 13.6. The third kappa shape index (κ3) is 2.94. The van der Waals surface area contributed by atoms with Gasteiger partial charge in [0.2, 0.25) is 0 Å². The molecule has 3 aromatic rings. The molecule has 0 radical (unpaired) electrons. The average molecular weight is 658 g/mol. The minimum Gasteiger partial charge on any atom is -0.483 e. The topological polar surface area (TPSA) is 81.2 Å². The Labute approximate surface area is 288 Å². The van der Waals surface area contributed by atoms with E-state index in [0.29, 0.717) is 12.8 Å². The van der Waals surface area contributed by atoms with Gasteiger partial charge in [-0.25, -0.2) is 0 Å². The minimum atomic E-state index is -0.943. The number of nitrogens with one attached hydrogen (secondary N) is 1. The number of aromatic amines is 1. The number of aliphatic hydroxyl groups is 2. The van der Waals surface area contributed by atoms with Gasteiger partial charge in [-0.15, -0.1) is 0 Å². The Morgan fingerprint density at radius 3 is 1.57 bits per heavy atom. The quantitative estimate of drug-likeness (QED) is 0.366. The van der Waals surface area contributed by atoms with E-state index in [-0.39, 0.29) is 24.3 Å². The Kier molecular flexibility index (Phi) is 4.79. The van der Waals surface area contributed by atoms with Gasteiger partial charge in [-0.3, -0.25) is 9.80 Å². The Hall–Kier alpha value is -2.84. The van der Waals surface area contributed by atoms with Crippen LogP contribution in [0.4, 0.5) is 0 Å². The second-order valence-corrected chi connectivity index (χ2v) is 18.4. The molecule has 4 aliphatic heterocycles. The van der Waals surface area contributed by atoms with Gasteiger partial charge < -0.3 is 24.7 Å². The first-order chi connectivity index (χ1) is 23.7. The van der Waals surface area contributed by atoms with Crippen LogP contribution in [0.25, 0.3) is 0 Å². The first-order valence-electron chi connectivity index (χ1n) is 19.5. The van der Waals surface area contributed by atoms with Crippen molar-refractivity contribution in [3.05, 3.63) is 80.2 Å². The van der Waals surface area contributed by atoms with Crippen LogP contribution in [-0.2, 0) is 36.5 Å². The summed E-state index contributed by atoms with van der Waals surface area (Å²) in [6.07, 6.45) is 9.51. The molecule has 10 aliphatic rings. The smallest absolute Gasteiger partial charge is 0.151 e. The fourth-order valence-corrected chi connectivity index (χ4v) is 13.6. The SMILES string of the molecule is Cc1ccc2c3c1OC1c4[nH]c5c(c4C[C@@]4(O)[C@@H](C2)N(CC2CC2)CC[C@]314)C[C@@]1(O)[C@H]2Cc3ccc(C)c4c3[C@@]1(CCN2CC1CC1)[C@H]5O4. The lowest BCUT2D eigenvalue weighted by Gasteiger charge is -2.63. The average Bonchev–Trinajstić information content (AvgIpc) is 3.98. The van der Waals surface area contributed by atoms with Gasteiger partial charge in [0.05, 0.1) is 33.4 Å². The molecule has 2 spiro atoms. The first-order valence-corrected chi connectivity index (χ1v) is 19.5. The summed E-state index contributed by atoms with van der Waals surface area (Å²) < 4.78 is 14.4. The number of benzene rings is 2. The number of ether oxygens (including phenoxy) is 2. The van der Waals surface area contributed by atoms with E-state index < -0.39 is 22.0 Å². The molecule has 254 valence electrons. The molecule has 3 N–H and O–H groups in total. The van der Waals surface area contributed by atoms with Gasteiger partial charge >= 0.3 is 0 Å². The van der Waals surface area contributed by atoms with E-state index >= 15 is 0 Å². The molecule has 6 aliphatic carbocycles. The number of fused-ring (bicyclic) bond motifs is 5. The number of hydrogen-bond donors (Lipinski definition) is 3. The van der Waals surface area contributed by atoms with Gasteiger partial charge in [-0.05, 0) is 124 Å². The van der Waals surface area contributed by atoms with E-state index in [4.69, 9.17) is 9.47 Å². The van der Waals surface area contributed by atoms with Crippen LogP contribution in [0.2, 0.25) is 0 Å². The van der Waals surface area contributed by atoms with Gasteiger partial charge in [0, 0.05) is 49.1 Å². The molecule has 4 fully saturated rings. The lowest BCUT2D eigenvalue weighted by Crippen LogP contribution is -2.75. The van der Waals surface area contributed by atoms with E-state index in [1.54, 1.807) is 0 Å². The molecular weight excluding hydrogens is 610 g/mol. The molecule has 2 saturated heterocycles. The van der Waals surface area contributed by atoms with E-state index in [1.807, 2.05) is 0 Å². The molecule has 2 aromatic carbocycles. The van der Waals surface area contributed by atoms with Crippen LogP contribution in [-0.4, -0.2) is 74.5 Å². The van der Waals surface area contributed by atoms with Crippen LogP contribution in [0.5, 0.6) is 11.5 Å². The highest BCUT2D eigenvalue weighted by molar-refractivity contribution is 5.67. The zero-order valence-electron chi connectivity index (χ0n) is 28.8. The first kappa shape index (κ1) is 27.8. The highest BCUT2D eigenvalue weighted by Crippen LogP contribution is 2.72. The van der Waals surface area contributed by atoms with Crippen LogP contribution in [0.15, 0.2) is 24.3 Å². The number of piperidine rings is 2. The van der Waals surface area contributed by atoms with Gasteiger partial charge in [0.15, 0.2) is 12.2 Å². The summed E-state index contributed by atoms with van der Waals surface area (Å²) >= 11 is 0. The standard InChI is InChI=1S/C42H47N3O4/c1-21-3-9-25-15-29-41(46)17-27-28-18-42(47)30-16-26-10-4-22(2)36-32(26)40(42,12-14-45(30)20-24-7-8-24)38(49-36)34(28)43-33(27)37-39(41,31(25)35(21)48-37)11-13-44(29)19-23-5-6-23/h3-4,9-10,23-24,29-30,37-38,43,46-47H,5-8,11-20H2,1-2H3/t29-,30-,37+,38?,39+,40+,41-,42-/m1/s1. The van der Waals surface area contributed by atoms with Crippen LogP contribution in [0, 0.1) is 25.7 Å². The number of aromatic nitrogens is 1. The van der Waals surface area contributed by atoms with Crippen LogP contribution in [0.1, 0.15) is 107 Å². The van der Waals surface area contributed by atoms with Crippen LogP contribution in [0.3, 0.4) is 0 Å². The van der Waals surface area contributed by atoms with E-state index in [0.717, 1.165) is 86.6 Å². The lowest BCUT2D eigenvalue weighted by molar-refractivity contribution is -0.176. The summed E-state index contributed by atoms with van der Waals surface area (Å²) in [5.74, 6) is 3.56.